The molecule has 2 aromatic rings. The molecule has 25 heavy (non-hydrogen) atoms. The maximum Gasteiger partial charge on any atom is 0.311 e. The average Bonchev–Trinajstić information content (AvgIpc) is 2.60. The van der Waals surface area contributed by atoms with Crippen molar-refractivity contribution in [3.63, 3.8) is 0 Å². The van der Waals surface area contributed by atoms with Crippen LogP contribution in [-0.4, -0.2) is 19.0 Å². The molecule has 0 saturated carbocycles. The first-order valence-electron chi connectivity index (χ1n) is 7.81. The largest absolute Gasteiger partial charge is 0.497 e. The molecule has 2 rings (SSSR count). The molecule has 0 bridgehead atoms. The summed E-state index contributed by atoms with van der Waals surface area (Å²) in [6, 6.07) is 13.8. The van der Waals surface area contributed by atoms with Crippen LogP contribution in [0.25, 0.3) is 0 Å². The Morgan fingerprint density at radius 2 is 1.68 bits per heavy atom. The Hall–Kier alpha value is -2.53. The number of hydrogen-bond donors (Lipinski definition) is 0. The van der Waals surface area contributed by atoms with E-state index in [2.05, 4.69) is 0 Å². The van der Waals surface area contributed by atoms with Crippen molar-refractivity contribution in [3.8, 4) is 11.5 Å². The van der Waals surface area contributed by atoms with Gasteiger partial charge in [-0.15, -0.1) is 0 Å². The van der Waals surface area contributed by atoms with Crippen LogP contribution < -0.4 is 9.47 Å². The van der Waals surface area contributed by atoms with E-state index < -0.39 is 5.97 Å². The summed E-state index contributed by atoms with van der Waals surface area (Å²) in [7, 11) is 1.59. The highest BCUT2D eigenvalue weighted by molar-refractivity contribution is 6.30. The van der Waals surface area contributed by atoms with E-state index in [1.54, 1.807) is 43.5 Å². The molecule has 0 heterocycles. The fourth-order valence-corrected chi connectivity index (χ4v) is 2.23. The zero-order valence-corrected chi connectivity index (χ0v) is 14.6. The van der Waals surface area contributed by atoms with Crippen LogP contribution in [0.3, 0.4) is 0 Å². The minimum atomic E-state index is -0.412. The van der Waals surface area contributed by atoms with Crippen molar-refractivity contribution >= 4 is 23.5 Å². The Bertz CT molecular complexity index is 712. The minimum Gasteiger partial charge on any atom is -0.497 e. The zero-order chi connectivity index (χ0) is 18.1. The van der Waals surface area contributed by atoms with Gasteiger partial charge in [0.1, 0.15) is 18.1 Å². The Morgan fingerprint density at radius 3 is 2.36 bits per heavy atom. The van der Waals surface area contributed by atoms with E-state index in [0.29, 0.717) is 17.2 Å². The predicted molar refractivity (Wildman–Crippen MR) is 93.7 cm³/mol. The summed E-state index contributed by atoms with van der Waals surface area (Å²) >= 11 is 5.82. The monoisotopic (exact) mass is 362 g/mol. The van der Waals surface area contributed by atoms with Crippen LogP contribution in [0.2, 0.25) is 5.02 Å². The van der Waals surface area contributed by atoms with E-state index in [-0.39, 0.29) is 25.4 Å². The van der Waals surface area contributed by atoms with E-state index in [1.807, 2.05) is 12.1 Å². The van der Waals surface area contributed by atoms with Crippen LogP contribution in [0.1, 0.15) is 24.8 Å². The van der Waals surface area contributed by atoms with Gasteiger partial charge in [0.2, 0.25) is 0 Å². The molecule has 0 aliphatic rings. The number of rotatable bonds is 8. The van der Waals surface area contributed by atoms with Crippen molar-refractivity contribution in [2.45, 2.75) is 25.9 Å². The topological polar surface area (TPSA) is 61.8 Å². The van der Waals surface area contributed by atoms with Crippen LogP contribution >= 0.6 is 11.6 Å². The van der Waals surface area contributed by atoms with Gasteiger partial charge in [0.25, 0.3) is 0 Å². The number of esters is 2. The second kappa shape index (κ2) is 9.69. The van der Waals surface area contributed by atoms with Crippen molar-refractivity contribution in [2.24, 2.45) is 0 Å². The summed E-state index contributed by atoms with van der Waals surface area (Å²) in [5.41, 5.74) is 0.870. The van der Waals surface area contributed by atoms with Gasteiger partial charge in [-0.2, -0.15) is 0 Å². The zero-order valence-electron chi connectivity index (χ0n) is 13.9. The lowest BCUT2D eigenvalue weighted by molar-refractivity contribution is -0.145. The molecule has 0 unspecified atom stereocenters. The highest BCUT2D eigenvalue weighted by atomic mass is 35.5. The highest BCUT2D eigenvalue weighted by Gasteiger charge is 2.09. The Kier molecular flexibility index (Phi) is 7.29. The standard InChI is InChI=1S/C19H19ClO5/c1-23-16-10-8-14(9-11-16)13-24-18(21)6-3-7-19(22)25-17-5-2-4-15(20)12-17/h2,4-5,8-12H,3,6-7,13H2,1H3. The lowest BCUT2D eigenvalue weighted by Gasteiger charge is -2.06. The van der Waals surface area contributed by atoms with Gasteiger partial charge in [0.15, 0.2) is 0 Å². The van der Waals surface area contributed by atoms with Crippen LogP contribution in [0.15, 0.2) is 48.5 Å². The third-order valence-electron chi connectivity index (χ3n) is 3.35. The molecule has 0 aliphatic carbocycles. The van der Waals surface area contributed by atoms with E-state index in [1.165, 1.54) is 0 Å². The highest BCUT2D eigenvalue weighted by Crippen LogP contribution is 2.18. The number of hydrogen-bond acceptors (Lipinski definition) is 5. The molecule has 0 N–H and O–H groups in total. The van der Waals surface area contributed by atoms with Gasteiger partial charge < -0.3 is 14.2 Å². The summed E-state index contributed by atoms with van der Waals surface area (Å²) in [4.78, 5) is 23.4. The van der Waals surface area contributed by atoms with Crippen LogP contribution in [0.5, 0.6) is 11.5 Å². The lowest BCUT2D eigenvalue weighted by Crippen LogP contribution is -2.10. The number of carbonyl (C=O) groups excluding carboxylic acids is 2. The van der Waals surface area contributed by atoms with E-state index in [4.69, 9.17) is 25.8 Å². The summed E-state index contributed by atoms with van der Waals surface area (Å²) in [5, 5.41) is 0.493. The molecule has 6 heteroatoms. The van der Waals surface area contributed by atoms with Crippen LogP contribution in [0.4, 0.5) is 0 Å². The molecule has 0 amide bonds. The van der Waals surface area contributed by atoms with Crippen molar-refractivity contribution in [1.29, 1.82) is 0 Å². The third kappa shape index (κ3) is 6.85. The fourth-order valence-electron chi connectivity index (χ4n) is 2.05. The van der Waals surface area contributed by atoms with Crippen LogP contribution in [0, 0.1) is 0 Å². The second-order valence-electron chi connectivity index (χ2n) is 5.29. The molecular formula is C19H19ClO5. The lowest BCUT2D eigenvalue weighted by atomic mass is 10.2. The number of halogens is 1. The molecule has 2 aromatic carbocycles. The molecule has 132 valence electrons. The molecule has 0 atom stereocenters. The van der Waals surface area contributed by atoms with Crippen molar-refractivity contribution < 1.29 is 23.8 Å². The van der Waals surface area contributed by atoms with Crippen molar-refractivity contribution in [3.05, 3.63) is 59.1 Å². The van der Waals surface area contributed by atoms with Gasteiger partial charge in [-0.05, 0) is 42.3 Å². The van der Waals surface area contributed by atoms with Gasteiger partial charge in [-0.25, -0.2) is 0 Å². The Labute approximate surface area is 151 Å². The smallest absolute Gasteiger partial charge is 0.311 e. The average molecular weight is 363 g/mol. The summed E-state index contributed by atoms with van der Waals surface area (Å²) in [6.07, 6.45) is 0.645. The molecule has 0 fully saturated rings. The normalized spacial score (nSPS) is 10.2. The summed E-state index contributed by atoms with van der Waals surface area (Å²) in [6.45, 7) is 0.190. The maximum absolute atomic E-state index is 11.7. The number of benzene rings is 2. The van der Waals surface area contributed by atoms with Gasteiger partial charge >= 0.3 is 11.9 Å². The quantitative estimate of drug-likeness (QED) is 0.521. The third-order valence-corrected chi connectivity index (χ3v) is 3.58. The predicted octanol–water partition coefficient (Wildman–Crippen LogP) is 4.17. The summed E-state index contributed by atoms with van der Waals surface area (Å²) < 4.78 is 15.4. The molecule has 0 aromatic heterocycles. The molecular weight excluding hydrogens is 344 g/mol. The minimum absolute atomic E-state index is 0.129. The SMILES string of the molecule is COc1ccc(COC(=O)CCCC(=O)Oc2cccc(Cl)c2)cc1. The first kappa shape index (κ1) is 18.8. The maximum atomic E-state index is 11.7. The summed E-state index contributed by atoms with van der Waals surface area (Å²) in [5.74, 6) is 0.365. The van der Waals surface area contributed by atoms with Gasteiger partial charge in [-0.3, -0.25) is 9.59 Å². The molecule has 0 spiro atoms. The van der Waals surface area contributed by atoms with Gasteiger partial charge in [-0.1, -0.05) is 29.8 Å². The van der Waals surface area contributed by atoms with Crippen molar-refractivity contribution in [1.82, 2.24) is 0 Å². The molecule has 0 saturated heterocycles. The number of methoxy groups -OCH3 is 1. The Morgan fingerprint density at radius 1 is 0.960 bits per heavy atom. The van der Waals surface area contributed by atoms with Gasteiger partial charge in [0, 0.05) is 17.9 Å². The first-order valence-corrected chi connectivity index (χ1v) is 8.19. The van der Waals surface area contributed by atoms with E-state index in [9.17, 15) is 9.59 Å². The molecule has 5 nitrogen and oxygen atoms in total. The van der Waals surface area contributed by atoms with Crippen molar-refractivity contribution in [2.75, 3.05) is 7.11 Å². The van der Waals surface area contributed by atoms with E-state index >= 15 is 0 Å². The number of ether oxygens (including phenoxy) is 3. The molecule has 0 radical (unpaired) electrons. The number of carbonyl (C=O) groups is 2. The van der Waals surface area contributed by atoms with E-state index in [0.717, 1.165) is 11.3 Å². The second-order valence-corrected chi connectivity index (χ2v) is 5.73. The van der Waals surface area contributed by atoms with Crippen LogP contribution in [-0.2, 0) is 20.9 Å². The first-order chi connectivity index (χ1) is 12.1. The van der Waals surface area contributed by atoms with Gasteiger partial charge in [0.05, 0.1) is 7.11 Å². The fraction of sp³-hybridized carbons (Fsp3) is 0.263. The molecule has 0 aliphatic heterocycles. The Balaban J connectivity index is 1.65.